The van der Waals surface area contributed by atoms with Crippen molar-refractivity contribution in [1.29, 1.82) is 0 Å². The standard InChI is InChI=1S/C17H29N5OS.HI/c1-12-14(24-13(2)21-12)10-19-16(18-3)20-11-17(8-6-7-9-17)15(23)22(4)5;/h6-11H2,1-5H3,(H2,18,19,20);1H. The number of carbonyl (C=O) groups is 1. The molecule has 142 valence electrons. The summed E-state index contributed by atoms with van der Waals surface area (Å²) in [6.07, 6.45) is 4.13. The average Bonchev–Trinajstić information content (AvgIpc) is 3.14. The number of nitrogens with zero attached hydrogens (tertiary/aromatic N) is 3. The van der Waals surface area contributed by atoms with Gasteiger partial charge in [0, 0.05) is 32.6 Å². The maximum atomic E-state index is 12.6. The normalized spacial score (nSPS) is 16.3. The molecule has 6 nitrogen and oxygen atoms in total. The molecule has 1 saturated carbocycles. The van der Waals surface area contributed by atoms with Gasteiger partial charge in [0.05, 0.1) is 22.7 Å². The molecule has 1 heterocycles. The minimum absolute atomic E-state index is 0. The van der Waals surface area contributed by atoms with Gasteiger partial charge in [-0.1, -0.05) is 12.8 Å². The summed E-state index contributed by atoms with van der Waals surface area (Å²) in [7, 11) is 5.43. The molecule has 0 radical (unpaired) electrons. The summed E-state index contributed by atoms with van der Waals surface area (Å²) < 4.78 is 0. The predicted octanol–water partition coefficient (Wildman–Crippen LogP) is 2.69. The summed E-state index contributed by atoms with van der Waals surface area (Å²) in [5.74, 6) is 0.954. The number of amides is 1. The Morgan fingerprint density at radius 2 is 1.92 bits per heavy atom. The Hall–Kier alpha value is -0.900. The number of aliphatic imine (C=N–C) groups is 1. The number of halogens is 1. The molecule has 1 aromatic rings. The highest BCUT2D eigenvalue weighted by Gasteiger charge is 2.42. The second-order valence-electron chi connectivity index (χ2n) is 6.71. The van der Waals surface area contributed by atoms with E-state index in [1.807, 2.05) is 27.9 Å². The lowest BCUT2D eigenvalue weighted by molar-refractivity contribution is -0.138. The van der Waals surface area contributed by atoms with Crippen molar-refractivity contribution in [1.82, 2.24) is 20.5 Å². The topological polar surface area (TPSA) is 69.6 Å². The molecule has 0 aromatic carbocycles. The lowest BCUT2D eigenvalue weighted by Crippen LogP contribution is -2.49. The molecule has 1 aliphatic carbocycles. The summed E-state index contributed by atoms with van der Waals surface area (Å²) in [5, 5.41) is 7.77. The Morgan fingerprint density at radius 1 is 1.28 bits per heavy atom. The van der Waals surface area contributed by atoms with Crippen molar-refractivity contribution >= 4 is 47.2 Å². The number of aryl methyl sites for hydroxylation is 2. The Balaban J connectivity index is 0.00000312. The fourth-order valence-corrected chi connectivity index (χ4v) is 4.24. The number of guanidine groups is 1. The Morgan fingerprint density at radius 3 is 2.40 bits per heavy atom. The molecule has 8 heteroatoms. The van der Waals surface area contributed by atoms with E-state index in [-0.39, 0.29) is 35.3 Å². The van der Waals surface area contributed by atoms with Crippen LogP contribution in [0.3, 0.4) is 0 Å². The van der Waals surface area contributed by atoms with E-state index >= 15 is 0 Å². The van der Waals surface area contributed by atoms with Crippen LogP contribution in [-0.4, -0.2) is 49.4 Å². The molecule has 0 atom stereocenters. The molecule has 2 N–H and O–H groups in total. The van der Waals surface area contributed by atoms with Crippen molar-refractivity contribution in [2.45, 2.75) is 46.1 Å². The third-order valence-electron chi connectivity index (χ3n) is 4.65. The molecule has 2 rings (SSSR count). The number of nitrogens with one attached hydrogen (secondary N) is 2. The smallest absolute Gasteiger partial charge is 0.230 e. The van der Waals surface area contributed by atoms with Crippen molar-refractivity contribution in [3.8, 4) is 0 Å². The molecule has 1 amide bonds. The Kier molecular flexibility index (Phi) is 8.59. The zero-order chi connectivity index (χ0) is 17.7. The number of rotatable bonds is 5. The van der Waals surface area contributed by atoms with Crippen LogP contribution >= 0.6 is 35.3 Å². The summed E-state index contributed by atoms with van der Waals surface area (Å²) in [6, 6.07) is 0. The molecule has 0 bridgehead atoms. The van der Waals surface area contributed by atoms with Gasteiger partial charge in [-0.3, -0.25) is 9.79 Å². The first kappa shape index (κ1) is 22.1. The molecule has 0 saturated heterocycles. The minimum atomic E-state index is -0.294. The predicted molar refractivity (Wildman–Crippen MR) is 115 cm³/mol. The Bertz CT molecular complexity index is 608. The van der Waals surface area contributed by atoms with Gasteiger partial charge in [0.15, 0.2) is 5.96 Å². The van der Waals surface area contributed by atoms with E-state index in [1.165, 1.54) is 4.88 Å². The number of thiazole rings is 1. The highest BCUT2D eigenvalue weighted by molar-refractivity contribution is 14.0. The van der Waals surface area contributed by atoms with Crippen LogP contribution in [0.1, 0.15) is 41.3 Å². The lowest BCUT2D eigenvalue weighted by atomic mass is 9.84. The third kappa shape index (κ3) is 5.54. The Labute approximate surface area is 171 Å². The quantitative estimate of drug-likeness (QED) is 0.387. The molecule has 0 spiro atoms. The molecule has 1 aromatic heterocycles. The summed E-state index contributed by atoms with van der Waals surface area (Å²) >= 11 is 1.70. The van der Waals surface area contributed by atoms with Crippen molar-refractivity contribution < 1.29 is 4.79 Å². The van der Waals surface area contributed by atoms with E-state index in [0.29, 0.717) is 13.1 Å². The first-order valence-electron chi connectivity index (χ1n) is 8.47. The third-order valence-corrected chi connectivity index (χ3v) is 5.73. The van der Waals surface area contributed by atoms with Gasteiger partial charge in [-0.25, -0.2) is 4.98 Å². The van der Waals surface area contributed by atoms with Crippen LogP contribution in [0.5, 0.6) is 0 Å². The highest BCUT2D eigenvalue weighted by Crippen LogP contribution is 2.38. The van der Waals surface area contributed by atoms with Crippen molar-refractivity contribution in [2.24, 2.45) is 10.4 Å². The van der Waals surface area contributed by atoms with E-state index in [2.05, 4.69) is 20.6 Å². The van der Waals surface area contributed by atoms with Crippen LogP contribution in [0, 0.1) is 19.3 Å². The molecule has 1 aliphatic rings. The van der Waals surface area contributed by atoms with Gasteiger partial charge in [-0.15, -0.1) is 35.3 Å². The van der Waals surface area contributed by atoms with E-state index in [0.717, 1.165) is 42.3 Å². The van der Waals surface area contributed by atoms with Gasteiger partial charge >= 0.3 is 0 Å². The van der Waals surface area contributed by atoms with Crippen LogP contribution in [0.4, 0.5) is 0 Å². The van der Waals surface area contributed by atoms with Gasteiger partial charge in [-0.2, -0.15) is 0 Å². The number of aromatic nitrogens is 1. The van der Waals surface area contributed by atoms with Gasteiger partial charge in [-0.05, 0) is 26.7 Å². The maximum absolute atomic E-state index is 12.6. The van der Waals surface area contributed by atoms with Gasteiger partial charge in [0.1, 0.15) is 0 Å². The summed E-state index contributed by atoms with van der Waals surface area (Å²) in [5.41, 5.74) is 0.772. The van der Waals surface area contributed by atoms with Crippen molar-refractivity contribution in [2.75, 3.05) is 27.7 Å². The van der Waals surface area contributed by atoms with Crippen LogP contribution in [0.2, 0.25) is 0 Å². The fraction of sp³-hybridized carbons (Fsp3) is 0.706. The fourth-order valence-electron chi connectivity index (χ4n) is 3.37. The maximum Gasteiger partial charge on any atom is 0.230 e. The molecule has 1 fully saturated rings. The minimum Gasteiger partial charge on any atom is -0.355 e. The second kappa shape index (κ2) is 9.70. The lowest BCUT2D eigenvalue weighted by Gasteiger charge is -2.31. The molecular formula is C17H30IN5OS. The molecule has 0 aliphatic heterocycles. The summed E-state index contributed by atoms with van der Waals surface area (Å²) in [6.45, 7) is 5.38. The highest BCUT2D eigenvalue weighted by atomic mass is 127. The second-order valence-corrected chi connectivity index (χ2v) is 8.00. The monoisotopic (exact) mass is 479 g/mol. The SMILES string of the molecule is CN=C(NCc1sc(C)nc1C)NCC1(C(=O)N(C)C)CCCC1.I. The molecule has 0 unspecified atom stereocenters. The van der Waals surface area contributed by atoms with E-state index < -0.39 is 0 Å². The van der Waals surface area contributed by atoms with Crippen molar-refractivity contribution in [3.63, 3.8) is 0 Å². The van der Waals surface area contributed by atoms with Crippen LogP contribution in [0.25, 0.3) is 0 Å². The first-order chi connectivity index (χ1) is 11.4. The molecular weight excluding hydrogens is 449 g/mol. The van der Waals surface area contributed by atoms with Gasteiger partial charge in [0.25, 0.3) is 0 Å². The zero-order valence-corrected chi connectivity index (χ0v) is 19.0. The van der Waals surface area contributed by atoms with E-state index in [4.69, 9.17) is 0 Å². The van der Waals surface area contributed by atoms with Crippen LogP contribution in [-0.2, 0) is 11.3 Å². The summed E-state index contributed by atoms with van der Waals surface area (Å²) in [4.78, 5) is 24.3. The molecule has 25 heavy (non-hydrogen) atoms. The van der Waals surface area contributed by atoms with Gasteiger partial charge in [0.2, 0.25) is 5.91 Å². The number of hydrogen-bond donors (Lipinski definition) is 2. The van der Waals surface area contributed by atoms with Crippen molar-refractivity contribution in [3.05, 3.63) is 15.6 Å². The first-order valence-corrected chi connectivity index (χ1v) is 9.29. The van der Waals surface area contributed by atoms with E-state index in [1.54, 1.807) is 23.3 Å². The van der Waals surface area contributed by atoms with E-state index in [9.17, 15) is 4.79 Å². The largest absolute Gasteiger partial charge is 0.355 e. The van der Waals surface area contributed by atoms with Gasteiger partial charge < -0.3 is 15.5 Å². The van der Waals surface area contributed by atoms with Crippen LogP contribution in [0.15, 0.2) is 4.99 Å². The van der Waals surface area contributed by atoms with Crippen LogP contribution < -0.4 is 10.6 Å². The zero-order valence-electron chi connectivity index (χ0n) is 15.8. The number of hydrogen-bond acceptors (Lipinski definition) is 4. The average molecular weight is 479 g/mol. The number of carbonyl (C=O) groups excluding carboxylic acids is 1.